The van der Waals surface area contributed by atoms with Gasteiger partial charge in [0.1, 0.15) is 5.82 Å². The minimum Gasteiger partial charge on any atom is -0.329 e. The molecule has 1 aromatic heterocycles. The van der Waals surface area contributed by atoms with Gasteiger partial charge in [0.15, 0.2) is 0 Å². The number of halogens is 1. The highest BCUT2D eigenvalue weighted by Gasteiger charge is 1.99. The molecule has 4 N–H and O–H groups in total. The molecule has 1 heterocycles. The molecule has 12 heavy (non-hydrogen) atoms. The molecule has 5 heteroatoms. The van der Waals surface area contributed by atoms with E-state index < -0.39 is 0 Å². The molecule has 0 fully saturated rings. The van der Waals surface area contributed by atoms with Crippen LogP contribution in [0.2, 0.25) is 0 Å². The lowest BCUT2D eigenvalue weighted by atomic mass is 10.4. The van der Waals surface area contributed by atoms with Gasteiger partial charge in [0.05, 0.1) is 0 Å². The number of rotatable bonds is 3. The summed E-state index contributed by atoms with van der Waals surface area (Å²) in [6.07, 6.45) is 1.70. The molecule has 0 aliphatic rings. The van der Waals surface area contributed by atoms with Gasteiger partial charge in [0, 0.05) is 23.8 Å². The zero-order valence-corrected chi connectivity index (χ0v) is 8.16. The van der Waals surface area contributed by atoms with E-state index in [1.807, 2.05) is 12.1 Å². The van der Waals surface area contributed by atoms with Gasteiger partial charge in [-0.3, -0.25) is 5.01 Å². The van der Waals surface area contributed by atoms with Gasteiger partial charge < -0.3 is 5.73 Å². The van der Waals surface area contributed by atoms with Crippen LogP contribution in [0.5, 0.6) is 0 Å². The lowest BCUT2D eigenvalue weighted by molar-refractivity contribution is 0.816. The van der Waals surface area contributed by atoms with Crippen molar-refractivity contribution in [1.29, 1.82) is 0 Å². The lowest BCUT2D eigenvalue weighted by Gasteiger charge is -2.15. The third-order valence-electron chi connectivity index (χ3n) is 1.38. The van der Waals surface area contributed by atoms with Crippen LogP contribution in [0.25, 0.3) is 0 Å². The summed E-state index contributed by atoms with van der Waals surface area (Å²) in [6.45, 7) is 1.13. The van der Waals surface area contributed by atoms with Crippen LogP contribution in [0.3, 0.4) is 0 Å². The molecule has 4 nitrogen and oxygen atoms in total. The van der Waals surface area contributed by atoms with E-state index in [-0.39, 0.29) is 0 Å². The van der Waals surface area contributed by atoms with Crippen LogP contribution in [0.1, 0.15) is 0 Å². The van der Waals surface area contributed by atoms with Crippen molar-refractivity contribution < 1.29 is 0 Å². The van der Waals surface area contributed by atoms with Gasteiger partial charge in [-0.05, 0) is 28.1 Å². The Hall–Kier alpha value is -0.650. The average Bonchev–Trinajstić information content (AvgIpc) is 2.06. The molecule has 1 aromatic rings. The van der Waals surface area contributed by atoms with Gasteiger partial charge in [-0.2, -0.15) is 0 Å². The summed E-state index contributed by atoms with van der Waals surface area (Å²) in [5.74, 6) is 6.36. The van der Waals surface area contributed by atoms with Crippen molar-refractivity contribution in [3.05, 3.63) is 22.8 Å². The first-order chi connectivity index (χ1) is 5.74. The van der Waals surface area contributed by atoms with E-state index in [4.69, 9.17) is 11.6 Å². The van der Waals surface area contributed by atoms with Crippen LogP contribution in [0, 0.1) is 0 Å². The number of hydrogen-bond acceptors (Lipinski definition) is 4. The maximum atomic E-state index is 5.63. The van der Waals surface area contributed by atoms with Crippen molar-refractivity contribution in [3.8, 4) is 0 Å². The summed E-state index contributed by atoms with van der Waals surface area (Å²) in [4.78, 5) is 4.10. The van der Waals surface area contributed by atoms with Gasteiger partial charge in [-0.15, -0.1) is 0 Å². The summed E-state index contributed by atoms with van der Waals surface area (Å²) in [7, 11) is 0. The molecule has 0 aliphatic heterocycles. The molecule has 0 bridgehead atoms. The minimum atomic E-state index is 0.522. The summed E-state index contributed by atoms with van der Waals surface area (Å²) in [5.41, 5.74) is 5.34. The monoisotopic (exact) mass is 230 g/mol. The third kappa shape index (κ3) is 2.44. The van der Waals surface area contributed by atoms with E-state index in [1.165, 1.54) is 5.01 Å². The minimum absolute atomic E-state index is 0.522. The van der Waals surface area contributed by atoms with E-state index in [9.17, 15) is 0 Å². The van der Waals surface area contributed by atoms with Crippen molar-refractivity contribution in [2.45, 2.75) is 0 Å². The Balaban J connectivity index is 2.68. The van der Waals surface area contributed by atoms with E-state index >= 15 is 0 Å². The van der Waals surface area contributed by atoms with Crippen LogP contribution in [0.15, 0.2) is 22.8 Å². The molecule has 1 rings (SSSR count). The fraction of sp³-hybridized carbons (Fsp3) is 0.286. The van der Waals surface area contributed by atoms with E-state index in [1.54, 1.807) is 6.20 Å². The zero-order valence-electron chi connectivity index (χ0n) is 6.57. The molecule has 0 unspecified atom stereocenters. The number of aromatic nitrogens is 1. The molecule has 0 atom stereocenters. The summed E-state index contributed by atoms with van der Waals surface area (Å²) < 4.78 is 0.937. The average molecular weight is 231 g/mol. The van der Waals surface area contributed by atoms with Crippen LogP contribution in [-0.2, 0) is 0 Å². The molecular formula is C7H11BrN4. The third-order valence-corrected chi connectivity index (χ3v) is 1.85. The van der Waals surface area contributed by atoms with E-state index in [2.05, 4.69) is 20.9 Å². The van der Waals surface area contributed by atoms with E-state index in [0.717, 1.165) is 10.3 Å². The fourth-order valence-corrected chi connectivity index (χ4v) is 1.03. The maximum Gasteiger partial charge on any atom is 0.142 e. The summed E-state index contributed by atoms with van der Waals surface area (Å²) in [5, 5.41) is 1.52. The first-order valence-electron chi connectivity index (χ1n) is 3.58. The number of pyridine rings is 1. The predicted molar refractivity (Wildman–Crippen MR) is 52.5 cm³/mol. The van der Waals surface area contributed by atoms with Crippen LogP contribution < -0.4 is 16.6 Å². The number of hydrogen-bond donors (Lipinski definition) is 2. The molecule has 0 spiro atoms. The van der Waals surface area contributed by atoms with Gasteiger partial charge in [0.2, 0.25) is 0 Å². The van der Waals surface area contributed by atoms with E-state index in [0.29, 0.717) is 13.1 Å². The standard InChI is InChI=1S/C7H11BrN4/c8-6-1-2-7(11-5-6)12(10)4-3-9/h1-2,5H,3-4,9-10H2. The Morgan fingerprint density at radius 3 is 2.75 bits per heavy atom. The second kappa shape index (κ2) is 4.39. The number of nitrogens with zero attached hydrogens (tertiary/aromatic N) is 2. The highest BCUT2D eigenvalue weighted by Crippen LogP contribution is 2.11. The molecule has 66 valence electrons. The molecule has 0 aromatic carbocycles. The smallest absolute Gasteiger partial charge is 0.142 e. The van der Waals surface area contributed by atoms with Crippen molar-refractivity contribution in [2.75, 3.05) is 18.1 Å². The second-order valence-corrected chi connectivity index (χ2v) is 3.23. The fourth-order valence-electron chi connectivity index (χ4n) is 0.792. The first kappa shape index (κ1) is 9.44. The molecule has 0 radical (unpaired) electrons. The highest BCUT2D eigenvalue weighted by molar-refractivity contribution is 9.10. The second-order valence-electron chi connectivity index (χ2n) is 2.32. The SMILES string of the molecule is NCCN(N)c1ccc(Br)cn1. The first-order valence-corrected chi connectivity index (χ1v) is 4.37. The largest absolute Gasteiger partial charge is 0.329 e. The van der Waals surface area contributed by atoms with Crippen molar-refractivity contribution in [3.63, 3.8) is 0 Å². The Kier molecular flexibility index (Phi) is 3.46. The highest BCUT2D eigenvalue weighted by atomic mass is 79.9. The van der Waals surface area contributed by atoms with Crippen LogP contribution in [-0.4, -0.2) is 18.1 Å². The molecule has 0 aliphatic carbocycles. The number of hydrazine groups is 1. The summed E-state index contributed by atoms with van der Waals surface area (Å²) >= 11 is 3.29. The quantitative estimate of drug-likeness (QED) is 0.586. The molecule has 0 amide bonds. The van der Waals surface area contributed by atoms with Crippen LogP contribution >= 0.6 is 15.9 Å². The molecular weight excluding hydrogens is 220 g/mol. The molecule has 0 saturated heterocycles. The van der Waals surface area contributed by atoms with Crippen molar-refractivity contribution in [2.24, 2.45) is 11.6 Å². The Labute approximate surface area is 79.7 Å². The van der Waals surface area contributed by atoms with Gasteiger partial charge in [-0.1, -0.05) is 0 Å². The Morgan fingerprint density at radius 2 is 2.25 bits per heavy atom. The van der Waals surface area contributed by atoms with Crippen molar-refractivity contribution >= 4 is 21.7 Å². The molecule has 0 saturated carbocycles. The van der Waals surface area contributed by atoms with Gasteiger partial charge >= 0.3 is 0 Å². The zero-order chi connectivity index (χ0) is 8.97. The Bertz CT molecular complexity index is 236. The normalized spacial score (nSPS) is 9.92. The topological polar surface area (TPSA) is 68.2 Å². The Morgan fingerprint density at radius 1 is 1.50 bits per heavy atom. The number of nitrogens with two attached hydrogens (primary N) is 2. The number of anilines is 1. The summed E-state index contributed by atoms with van der Waals surface area (Å²) in [6, 6.07) is 3.72. The van der Waals surface area contributed by atoms with Gasteiger partial charge in [-0.25, -0.2) is 10.8 Å². The lowest BCUT2D eigenvalue weighted by Crippen LogP contribution is -2.36. The predicted octanol–water partition coefficient (Wildman–Crippen LogP) is 0.483. The van der Waals surface area contributed by atoms with Crippen LogP contribution in [0.4, 0.5) is 5.82 Å². The maximum absolute atomic E-state index is 5.63. The van der Waals surface area contributed by atoms with Crippen molar-refractivity contribution in [1.82, 2.24) is 4.98 Å². The van der Waals surface area contributed by atoms with Gasteiger partial charge in [0.25, 0.3) is 0 Å².